The molecule has 3 aromatic heterocycles. The minimum atomic E-state index is -0.0257. The van der Waals surface area contributed by atoms with E-state index in [4.69, 9.17) is 16.0 Å². The van der Waals surface area contributed by atoms with Crippen molar-refractivity contribution >= 4 is 40.0 Å². The van der Waals surface area contributed by atoms with Crippen molar-refractivity contribution in [2.24, 2.45) is 0 Å². The first-order valence-electron chi connectivity index (χ1n) is 10.9. The molecule has 0 fully saturated rings. The van der Waals surface area contributed by atoms with E-state index in [0.29, 0.717) is 39.5 Å². The highest BCUT2D eigenvalue weighted by molar-refractivity contribution is 7.98. The number of aromatic nitrogens is 5. The van der Waals surface area contributed by atoms with Crippen molar-refractivity contribution < 1.29 is 4.42 Å². The molecule has 7 nitrogen and oxygen atoms in total. The van der Waals surface area contributed by atoms with Crippen molar-refractivity contribution in [2.75, 3.05) is 0 Å². The van der Waals surface area contributed by atoms with Gasteiger partial charge in [-0.25, -0.2) is 4.98 Å². The second kappa shape index (κ2) is 9.41. The van der Waals surface area contributed by atoms with E-state index in [1.165, 1.54) is 11.8 Å². The van der Waals surface area contributed by atoms with Gasteiger partial charge in [-0.15, -0.1) is 10.2 Å². The molecule has 0 spiro atoms. The molecule has 3 heterocycles. The van der Waals surface area contributed by atoms with Crippen molar-refractivity contribution in [2.45, 2.75) is 43.6 Å². The largest absolute Gasteiger partial charge is 0.444 e. The Labute approximate surface area is 199 Å². The number of para-hydroxylation sites is 1. The third kappa shape index (κ3) is 4.28. The van der Waals surface area contributed by atoms with Crippen LogP contribution >= 0.6 is 23.4 Å². The van der Waals surface area contributed by atoms with E-state index in [0.717, 1.165) is 36.0 Å². The zero-order chi connectivity index (χ0) is 22.8. The summed E-state index contributed by atoms with van der Waals surface area (Å²) in [4.78, 5) is 17.7. The lowest BCUT2D eigenvalue weighted by Gasteiger charge is -2.10. The second-order valence-electron chi connectivity index (χ2n) is 7.74. The molecule has 0 unspecified atom stereocenters. The number of fused-ring (bicyclic) bond motifs is 3. The topological polar surface area (TPSA) is 78.2 Å². The molecule has 9 heteroatoms. The van der Waals surface area contributed by atoms with Crippen molar-refractivity contribution in [1.29, 1.82) is 0 Å². The molecule has 0 aliphatic carbocycles. The highest BCUT2D eigenvalue weighted by Crippen LogP contribution is 2.27. The summed E-state index contributed by atoms with van der Waals surface area (Å²) in [5.41, 5.74) is 2.44. The van der Waals surface area contributed by atoms with E-state index >= 15 is 0 Å². The number of oxazole rings is 1. The summed E-state index contributed by atoms with van der Waals surface area (Å²) in [7, 11) is 0. The molecule has 2 aromatic carbocycles. The highest BCUT2D eigenvalue weighted by atomic mass is 35.5. The fraction of sp³-hybridized carbons (Fsp3) is 0.250. The van der Waals surface area contributed by atoms with Gasteiger partial charge in [-0.1, -0.05) is 55.3 Å². The fourth-order valence-corrected chi connectivity index (χ4v) is 4.73. The molecule has 0 amide bonds. The van der Waals surface area contributed by atoms with Crippen LogP contribution < -0.4 is 5.56 Å². The summed E-state index contributed by atoms with van der Waals surface area (Å²) >= 11 is 7.47. The standard InChI is InChI=1S/C24H22ClN5O2S/c1-2-3-6-13-29-22(31)19-7-4-5-8-20(19)30-23(29)27-28-24(30)33-15-18-14-32-21(26-18)16-9-11-17(25)12-10-16/h4-5,7-12,14H,2-3,6,13,15H2,1H3. The fourth-order valence-electron chi connectivity index (χ4n) is 3.79. The molecule has 33 heavy (non-hydrogen) atoms. The van der Waals surface area contributed by atoms with Gasteiger partial charge in [0.1, 0.15) is 6.26 Å². The molecule has 0 saturated carbocycles. The minimum Gasteiger partial charge on any atom is -0.444 e. The van der Waals surface area contributed by atoms with Gasteiger partial charge in [0.2, 0.25) is 11.7 Å². The normalized spacial score (nSPS) is 11.6. The van der Waals surface area contributed by atoms with Crippen LogP contribution in [0.3, 0.4) is 0 Å². The van der Waals surface area contributed by atoms with Crippen LogP contribution in [0.5, 0.6) is 0 Å². The maximum atomic E-state index is 13.1. The van der Waals surface area contributed by atoms with E-state index < -0.39 is 0 Å². The summed E-state index contributed by atoms with van der Waals surface area (Å²) in [6.07, 6.45) is 4.72. The molecule has 0 N–H and O–H groups in total. The average Bonchev–Trinajstić information content (AvgIpc) is 3.48. The van der Waals surface area contributed by atoms with E-state index in [-0.39, 0.29) is 5.56 Å². The monoisotopic (exact) mass is 479 g/mol. The van der Waals surface area contributed by atoms with Crippen LogP contribution in [0.15, 0.2) is 69.2 Å². The summed E-state index contributed by atoms with van der Waals surface area (Å²) in [5, 5.41) is 10.8. The zero-order valence-electron chi connectivity index (χ0n) is 18.1. The van der Waals surface area contributed by atoms with Gasteiger partial charge in [0.25, 0.3) is 5.56 Å². The van der Waals surface area contributed by atoms with Crippen LogP contribution in [0.4, 0.5) is 0 Å². The molecule has 168 valence electrons. The summed E-state index contributed by atoms with van der Waals surface area (Å²) < 4.78 is 9.36. The predicted molar refractivity (Wildman–Crippen MR) is 131 cm³/mol. The number of thioether (sulfide) groups is 1. The molecular formula is C24H22ClN5O2S. The molecular weight excluding hydrogens is 458 g/mol. The number of unbranched alkanes of at least 4 members (excludes halogenated alkanes) is 2. The number of halogens is 1. The van der Waals surface area contributed by atoms with Gasteiger partial charge in [-0.05, 0) is 42.8 Å². The van der Waals surface area contributed by atoms with Crippen molar-refractivity contribution in [3.8, 4) is 11.5 Å². The van der Waals surface area contributed by atoms with Crippen molar-refractivity contribution in [1.82, 2.24) is 24.1 Å². The van der Waals surface area contributed by atoms with E-state index in [1.54, 1.807) is 10.8 Å². The second-order valence-corrected chi connectivity index (χ2v) is 9.12. The molecule has 0 atom stereocenters. The number of aryl methyl sites for hydroxylation is 1. The van der Waals surface area contributed by atoms with Crippen LogP contribution in [0.25, 0.3) is 28.1 Å². The quantitative estimate of drug-likeness (QED) is 0.205. The minimum absolute atomic E-state index is 0.0257. The Kier molecular flexibility index (Phi) is 6.20. The SMILES string of the molecule is CCCCCn1c(=O)c2ccccc2n2c(SCc3coc(-c4ccc(Cl)cc4)n3)nnc12. The van der Waals surface area contributed by atoms with Crippen LogP contribution in [0.1, 0.15) is 31.9 Å². The van der Waals surface area contributed by atoms with E-state index in [9.17, 15) is 4.79 Å². The van der Waals surface area contributed by atoms with E-state index in [1.807, 2.05) is 52.9 Å². The molecule has 0 aliphatic rings. The van der Waals surface area contributed by atoms with Gasteiger partial charge in [-0.3, -0.25) is 13.8 Å². The summed E-state index contributed by atoms with van der Waals surface area (Å²) in [6.45, 7) is 2.77. The van der Waals surface area contributed by atoms with Crippen molar-refractivity contribution in [3.63, 3.8) is 0 Å². The number of benzene rings is 2. The molecule has 5 aromatic rings. The summed E-state index contributed by atoms with van der Waals surface area (Å²) in [6, 6.07) is 15.0. The average molecular weight is 480 g/mol. The first kappa shape index (κ1) is 21.7. The molecule has 5 rings (SSSR count). The Morgan fingerprint density at radius 3 is 2.70 bits per heavy atom. The van der Waals surface area contributed by atoms with Gasteiger partial charge >= 0.3 is 0 Å². The lowest BCUT2D eigenvalue weighted by Crippen LogP contribution is -2.23. The smallest absolute Gasteiger partial charge is 0.262 e. The lowest BCUT2D eigenvalue weighted by molar-refractivity contribution is 0.573. The van der Waals surface area contributed by atoms with Crippen LogP contribution in [-0.2, 0) is 12.3 Å². The Bertz CT molecular complexity index is 1470. The number of hydrogen-bond donors (Lipinski definition) is 0. The Morgan fingerprint density at radius 2 is 1.88 bits per heavy atom. The van der Waals surface area contributed by atoms with Gasteiger partial charge in [-0.2, -0.15) is 0 Å². The van der Waals surface area contributed by atoms with E-state index in [2.05, 4.69) is 22.1 Å². The molecule has 0 aliphatic heterocycles. The molecule has 0 bridgehead atoms. The number of rotatable bonds is 8. The van der Waals surface area contributed by atoms with Crippen LogP contribution in [-0.4, -0.2) is 24.1 Å². The van der Waals surface area contributed by atoms with Gasteiger partial charge in [0.05, 0.1) is 16.6 Å². The van der Waals surface area contributed by atoms with Gasteiger partial charge in [0, 0.05) is 22.9 Å². The number of hydrogen-bond acceptors (Lipinski definition) is 6. The van der Waals surface area contributed by atoms with Crippen LogP contribution in [0.2, 0.25) is 5.02 Å². The third-order valence-electron chi connectivity index (χ3n) is 5.46. The van der Waals surface area contributed by atoms with Gasteiger partial charge in [0.15, 0.2) is 5.16 Å². The predicted octanol–water partition coefficient (Wildman–Crippen LogP) is 5.84. The molecule has 0 saturated heterocycles. The first-order chi connectivity index (χ1) is 16.2. The third-order valence-corrected chi connectivity index (χ3v) is 6.67. The van der Waals surface area contributed by atoms with Crippen LogP contribution in [0, 0.1) is 0 Å². The summed E-state index contributed by atoms with van der Waals surface area (Å²) in [5.74, 6) is 1.67. The van der Waals surface area contributed by atoms with Gasteiger partial charge < -0.3 is 4.42 Å². The maximum absolute atomic E-state index is 13.1. The number of nitrogens with zero attached hydrogens (tertiary/aromatic N) is 5. The first-order valence-corrected chi connectivity index (χ1v) is 12.2. The zero-order valence-corrected chi connectivity index (χ0v) is 19.6. The molecule has 0 radical (unpaired) electrons. The maximum Gasteiger partial charge on any atom is 0.262 e. The van der Waals surface area contributed by atoms with Crippen molar-refractivity contribution in [3.05, 3.63) is 75.9 Å². The lowest BCUT2D eigenvalue weighted by atomic mass is 10.2. The Balaban J connectivity index is 1.47. The Morgan fingerprint density at radius 1 is 1.06 bits per heavy atom. The highest BCUT2D eigenvalue weighted by Gasteiger charge is 2.17. The Hall–Kier alpha value is -3.10.